The molecule has 1 aromatic rings. The second kappa shape index (κ2) is 7.72. The third kappa shape index (κ3) is 3.86. The molecular weight excluding hydrogens is 292 g/mol. The first-order chi connectivity index (χ1) is 11.1. The molecule has 0 radical (unpaired) electrons. The fraction of sp³-hybridized carbons (Fsp3) is 0.389. The van der Waals surface area contributed by atoms with E-state index in [0.717, 1.165) is 25.7 Å². The van der Waals surface area contributed by atoms with Gasteiger partial charge in [0.1, 0.15) is 11.4 Å². The maximum Gasteiger partial charge on any atom is 0.221 e. The Morgan fingerprint density at radius 2 is 1.57 bits per heavy atom. The van der Waals surface area contributed by atoms with Crippen LogP contribution in [-0.2, 0) is 4.79 Å². The number of carbonyl (C=O) groups is 3. The van der Waals surface area contributed by atoms with Crippen LogP contribution in [0.4, 0.5) is 0 Å². The average molecular weight is 314 g/mol. The van der Waals surface area contributed by atoms with E-state index in [4.69, 9.17) is 0 Å². The minimum atomic E-state index is -0.370. The molecule has 5 nitrogen and oxygen atoms in total. The third-order valence-electron chi connectivity index (χ3n) is 3.75. The molecule has 1 aromatic carbocycles. The first-order valence-corrected chi connectivity index (χ1v) is 8.00. The lowest BCUT2D eigenvalue weighted by Crippen LogP contribution is -2.37. The van der Waals surface area contributed by atoms with Crippen molar-refractivity contribution in [3.63, 3.8) is 0 Å². The van der Waals surface area contributed by atoms with Crippen LogP contribution in [0.1, 0.15) is 60.2 Å². The second-order valence-corrected chi connectivity index (χ2v) is 5.62. The molecule has 0 atom stereocenters. The number of nitrogens with one attached hydrogen (secondary N) is 2. The van der Waals surface area contributed by atoms with Crippen LogP contribution in [0.15, 0.2) is 35.7 Å². The summed E-state index contributed by atoms with van der Waals surface area (Å²) in [4.78, 5) is 36.6. The van der Waals surface area contributed by atoms with E-state index in [9.17, 15) is 14.4 Å². The predicted molar refractivity (Wildman–Crippen MR) is 88.1 cm³/mol. The third-order valence-corrected chi connectivity index (χ3v) is 3.75. The molecule has 23 heavy (non-hydrogen) atoms. The molecule has 0 fully saturated rings. The zero-order chi connectivity index (χ0) is 16.8. The molecule has 1 amide bonds. The highest BCUT2D eigenvalue weighted by atomic mass is 16.2. The zero-order valence-corrected chi connectivity index (χ0v) is 13.6. The molecular formula is C18H22N2O3. The molecule has 0 saturated carbocycles. The standard InChI is InChI=1S/C18H22N2O3/c1-3-4-5-8-11-19-15-16(20-12(2)21)18(23)14-10-7-6-9-13(14)17(15)22/h6-7,9-10,19H,3-5,8,11H2,1-2H3,(H,20,21). The van der Waals surface area contributed by atoms with E-state index in [2.05, 4.69) is 17.6 Å². The quantitative estimate of drug-likeness (QED) is 0.759. The monoisotopic (exact) mass is 314 g/mol. The molecule has 0 aromatic heterocycles. The number of amides is 1. The number of allylic oxidation sites excluding steroid dienone is 2. The molecule has 0 aliphatic heterocycles. The number of fused-ring (bicyclic) bond motifs is 1. The Hall–Kier alpha value is -2.43. The summed E-state index contributed by atoms with van der Waals surface area (Å²) in [6, 6.07) is 6.68. The van der Waals surface area contributed by atoms with Crippen molar-refractivity contribution in [1.82, 2.24) is 10.6 Å². The summed E-state index contributed by atoms with van der Waals surface area (Å²) in [7, 11) is 0. The topological polar surface area (TPSA) is 75.3 Å². The Morgan fingerprint density at radius 1 is 0.957 bits per heavy atom. The summed E-state index contributed by atoms with van der Waals surface area (Å²) >= 11 is 0. The lowest BCUT2D eigenvalue weighted by molar-refractivity contribution is -0.118. The predicted octanol–water partition coefficient (Wildman–Crippen LogP) is 2.58. The molecule has 0 bridgehead atoms. The highest BCUT2D eigenvalue weighted by Crippen LogP contribution is 2.23. The lowest BCUT2D eigenvalue weighted by Gasteiger charge is -2.22. The van der Waals surface area contributed by atoms with Gasteiger partial charge < -0.3 is 10.6 Å². The zero-order valence-electron chi connectivity index (χ0n) is 13.6. The summed E-state index contributed by atoms with van der Waals surface area (Å²) in [5.41, 5.74) is 0.956. The normalized spacial score (nSPS) is 13.8. The van der Waals surface area contributed by atoms with Crippen molar-refractivity contribution in [2.75, 3.05) is 6.54 Å². The minimum absolute atomic E-state index is 0.0525. The van der Waals surface area contributed by atoms with Crippen molar-refractivity contribution in [2.24, 2.45) is 0 Å². The Bertz CT molecular complexity index is 662. The molecule has 0 spiro atoms. The van der Waals surface area contributed by atoms with Crippen LogP contribution in [0, 0.1) is 0 Å². The van der Waals surface area contributed by atoms with Crippen molar-refractivity contribution >= 4 is 17.5 Å². The largest absolute Gasteiger partial charge is 0.380 e. The first kappa shape index (κ1) is 16.9. The molecule has 2 rings (SSSR count). The molecule has 122 valence electrons. The van der Waals surface area contributed by atoms with Gasteiger partial charge in [-0.15, -0.1) is 0 Å². The van der Waals surface area contributed by atoms with E-state index in [1.165, 1.54) is 6.92 Å². The molecule has 1 aliphatic rings. The van der Waals surface area contributed by atoms with Crippen molar-refractivity contribution in [3.05, 3.63) is 46.8 Å². The van der Waals surface area contributed by atoms with Crippen LogP contribution in [0.25, 0.3) is 0 Å². The van der Waals surface area contributed by atoms with E-state index in [-0.39, 0.29) is 28.9 Å². The number of benzene rings is 1. The second-order valence-electron chi connectivity index (χ2n) is 5.62. The number of ketones is 2. The van der Waals surface area contributed by atoms with Gasteiger partial charge in [-0.1, -0.05) is 50.5 Å². The highest BCUT2D eigenvalue weighted by Gasteiger charge is 2.32. The molecule has 2 N–H and O–H groups in total. The van der Waals surface area contributed by atoms with Gasteiger partial charge in [-0.25, -0.2) is 0 Å². The number of hydrogen-bond donors (Lipinski definition) is 2. The maximum atomic E-state index is 12.7. The Kier molecular flexibility index (Phi) is 5.68. The number of rotatable bonds is 7. The van der Waals surface area contributed by atoms with Crippen molar-refractivity contribution in [1.29, 1.82) is 0 Å². The van der Waals surface area contributed by atoms with E-state index >= 15 is 0 Å². The summed E-state index contributed by atoms with van der Waals surface area (Å²) < 4.78 is 0. The van der Waals surface area contributed by atoms with Crippen LogP contribution < -0.4 is 10.6 Å². The Morgan fingerprint density at radius 3 is 2.13 bits per heavy atom. The SMILES string of the molecule is CCCCCCNC1=C(NC(C)=O)C(=O)c2ccccc2C1=O. The summed E-state index contributed by atoms with van der Waals surface area (Å²) in [6.07, 6.45) is 4.23. The molecule has 0 heterocycles. The van der Waals surface area contributed by atoms with Crippen LogP contribution in [0.3, 0.4) is 0 Å². The first-order valence-electron chi connectivity index (χ1n) is 8.00. The van der Waals surface area contributed by atoms with Crippen molar-refractivity contribution < 1.29 is 14.4 Å². The minimum Gasteiger partial charge on any atom is -0.380 e. The van der Waals surface area contributed by atoms with Gasteiger partial charge in [-0.05, 0) is 6.42 Å². The van der Waals surface area contributed by atoms with Gasteiger partial charge in [-0.2, -0.15) is 0 Å². The van der Waals surface area contributed by atoms with E-state index < -0.39 is 0 Å². The molecule has 5 heteroatoms. The molecule has 0 unspecified atom stereocenters. The van der Waals surface area contributed by atoms with Crippen LogP contribution >= 0.6 is 0 Å². The van der Waals surface area contributed by atoms with Crippen LogP contribution in [0.2, 0.25) is 0 Å². The molecule has 0 saturated heterocycles. The number of unbranched alkanes of at least 4 members (excludes halogenated alkanes) is 3. The molecule has 1 aliphatic carbocycles. The fourth-order valence-corrected chi connectivity index (χ4v) is 2.60. The van der Waals surface area contributed by atoms with Crippen molar-refractivity contribution in [2.45, 2.75) is 39.5 Å². The number of hydrogen-bond acceptors (Lipinski definition) is 4. The summed E-state index contributed by atoms with van der Waals surface area (Å²) in [5, 5.41) is 5.56. The highest BCUT2D eigenvalue weighted by molar-refractivity contribution is 6.27. The van der Waals surface area contributed by atoms with Crippen LogP contribution in [0.5, 0.6) is 0 Å². The van der Waals surface area contributed by atoms with Gasteiger partial charge >= 0.3 is 0 Å². The number of carbonyl (C=O) groups excluding carboxylic acids is 3. The van der Waals surface area contributed by atoms with Gasteiger partial charge in [0, 0.05) is 24.6 Å². The Balaban J connectivity index is 2.26. The smallest absolute Gasteiger partial charge is 0.221 e. The number of Topliss-reactive ketones (excluding diaryl/α,β-unsaturated/α-hetero) is 2. The van der Waals surface area contributed by atoms with Crippen molar-refractivity contribution in [3.8, 4) is 0 Å². The van der Waals surface area contributed by atoms with Gasteiger partial charge in [0.15, 0.2) is 0 Å². The maximum absolute atomic E-state index is 12.7. The van der Waals surface area contributed by atoms with E-state index in [0.29, 0.717) is 17.7 Å². The van der Waals surface area contributed by atoms with Gasteiger partial charge in [0.2, 0.25) is 17.5 Å². The Labute approximate surface area is 136 Å². The van der Waals surface area contributed by atoms with Gasteiger partial charge in [0.25, 0.3) is 0 Å². The fourth-order valence-electron chi connectivity index (χ4n) is 2.60. The van der Waals surface area contributed by atoms with Crippen LogP contribution in [-0.4, -0.2) is 24.0 Å². The van der Waals surface area contributed by atoms with E-state index in [1.54, 1.807) is 24.3 Å². The summed E-state index contributed by atoms with van der Waals surface area (Å²) in [6.45, 7) is 4.05. The van der Waals surface area contributed by atoms with Gasteiger partial charge in [-0.3, -0.25) is 14.4 Å². The lowest BCUT2D eigenvalue weighted by atomic mass is 9.90. The van der Waals surface area contributed by atoms with Gasteiger partial charge in [0.05, 0.1) is 0 Å². The van der Waals surface area contributed by atoms with E-state index in [1.807, 2.05) is 0 Å². The average Bonchev–Trinajstić information content (AvgIpc) is 2.54. The summed E-state index contributed by atoms with van der Waals surface area (Å²) in [5.74, 6) is -0.947.